The van der Waals surface area contributed by atoms with E-state index in [9.17, 15) is 9.59 Å². The Morgan fingerprint density at radius 2 is 2.03 bits per heavy atom. The van der Waals surface area contributed by atoms with Gasteiger partial charge >= 0.3 is 0 Å². The molecular weight excluding hydrogens is 444 g/mol. The van der Waals surface area contributed by atoms with Gasteiger partial charge in [0.25, 0.3) is 11.8 Å². The highest BCUT2D eigenvalue weighted by Crippen LogP contribution is 2.32. The van der Waals surface area contributed by atoms with E-state index < -0.39 is 0 Å². The molecule has 2 heterocycles. The van der Waals surface area contributed by atoms with Crippen LogP contribution in [0, 0.1) is 0 Å². The molecule has 2 aliphatic heterocycles. The number of benzene rings is 2. The zero-order valence-electron chi connectivity index (χ0n) is 20.8. The summed E-state index contributed by atoms with van der Waals surface area (Å²) in [6, 6.07) is 13.2. The van der Waals surface area contributed by atoms with Gasteiger partial charge in [0, 0.05) is 38.4 Å². The van der Waals surface area contributed by atoms with Gasteiger partial charge in [0.1, 0.15) is 12.4 Å². The SMILES string of the molecule is CCCOC(CC)CNC(=O)c1ccc(CN2Cc3cccc(OCC4CCCO4)c3C2=O)cc1. The Balaban J connectivity index is 1.32. The molecule has 0 aromatic heterocycles. The van der Waals surface area contributed by atoms with Crippen LogP contribution in [0.25, 0.3) is 0 Å². The number of nitrogens with zero attached hydrogens (tertiary/aromatic N) is 1. The highest BCUT2D eigenvalue weighted by atomic mass is 16.5. The molecule has 0 radical (unpaired) electrons. The van der Waals surface area contributed by atoms with Crippen molar-refractivity contribution < 1.29 is 23.8 Å². The predicted molar refractivity (Wildman–Crippen MR) is 134 cm³/mol. The highest BCUT2D eigenvalue weighted by molar-refractivity contribution is 6.01. The molecule has 0 spiro atoms. The first-order valence-corrected chi connectivity index (χ1v) is 12.7. The largest absolute Gasteiger partial charge is 0.490 e. The Morgan fingerprint density at radius 3 is 2.74 bits per heavy atom. The third-order valence-electron chi connectivity index (χ3n) is 6.52. The number of carbonyl (C=O) groups is 2. The molecule has 4 rings (SSSR count). The van der Waals surface area contributed by atoms with Crippen LogP contribution in [0.2, 0.25) is 0 Å². The molecule has 2 aliphatic rings. The van der Waals surface area contributed by atoms with Gasteiger partial charge in [0.2, 0.25) is 0 Å². The van der Waals surface area contributed by atoms with Gasteiger partial charge < -0.3 is 24.4 Å². The first-order valence-electron chi connectivity index (χ1n) is 12.7. The fraction of sp³-hybridized carbons (Fsp3) is 0.500. The van der Waals surface area contributed by atoms with E-state index in [0.717, 1.165) is 43.4 Å². The molecule has 2 atom stereocenters. The maximum atomic E-state index is 13.2. The topological polar surface area (TPSA) is 77.1 Å². The summed E-state index contributed by atoms with van der Waals surface area (Å²) in [6.07, 6.45) is 3.99. The molecular formula is C28H36N2O5. The van der Waals surface area contributed by atoms with Crippen LogP contribution in [0.3, 0.4) is 0 Å². The third-order valence-corrected chi connectivity index (χ3v) is 6.52. The summed E-state index contributed by atoms with van der Waals surface area (Å²) < 4.78 is 17.4. The molecule has 1 N–H and O–H groups in total. The lowest BCUT2D eigenvalue weighted by atomic mass is 10.1. The van der Waals surface area contributed by atoms with Crippen molar-refractivity contribution in [3.63, 3.8) is 0 Å². The van der Waals surface area contributed by atoms with Crippen molar-refractivity contribution in [2.24, 2.45) is 0 Å². The molecule has 7 nitrogen and oxygen atoms in total. The molecule has 2 aromatic carbocycles. The van der Waals surface area contributed by atoms with E-state index in [1.807, 2.05) is 47.4 Å². The van der Waals surface area contributed by atoms with Gasteiger partial charge in [-0.25, -0.2) is 0 Å². The summed E-state index contributed by atoms with van der Waals surface area (Å²) in [4.78, 5) is 27.5. The Morgan fingerprint density at radius 1 is 1.20 bits per heavy atom. The van der Waals surface area contributed by atoms with E-state index in [1.54, 1.807) is 0 Å². The van der Waals surface area contributed by atoms with Crippen LogP contribution < -0.4 is 10.1 Å². The number of fused-ring (bicyclic) bond motifs is 1. The summed E-state index contributed by atoms with van der Waals surface area (Å²) >= 11 is 0. The van der Waals surface area contributed by atoms with E-state index >= 15 is 0 Å². The van der Waals surface area contributed by atoms with E-state index in [-0.39, 0.29) is 24.0 Å². The molecule has 188 valence electrons. The molecule has 7 heteroatoms. The molecule has 2 aromatic rings. The van der Waals surface area contributed by atoms with E-state index in [4.69, 9.17) is 14.2 Å². The van der Waals surface area contributed by atoms with Crippen molar-refractivity contribution in [1.82, 2.24) is 10.2 Å². The normalized spacial score (nSPS) is 17.9. The van der Waals surface area contributed by atoms with Crippen LogP contribution in [0.15, 0.2) is 42.5 Å². The van der Waals surface area contributed by atoms with E-state index in [0.29, 0.717) is 49.7 Å². The molecule has 0 bridgehead atoms. The van der Waals surface area contributed by atoms with Gasteiger partial charge in [-0.05, 0) is 55.0 Å². The number of ether oxygens (including phenoxy) is 3. The Labute approximate surface area is 207 Å². The molecule has 1 fully saturated rings. The minimum absolute atomic E-state index is 0.0255. The zero-order chi connectivity index (χ0) is 24.6. The van der Waals surface area contributed by atoms with Gasteiger partial charge in [-0.1, -0.05) is 38.1 Å². The number of hydrogen-bond acceptors (Lipinski definition) is 5. The van der Waals surface area contributed by atoms with Crippen LogP contribution in [0.5, 0.6) is 5.75 Å². The van der Waals surface area contributed by atoms with Gasteiger partial charge in [0.05, 0.1) is 17.8 Å². The van der Waals surface area contributed by atoms with E-state index in [2.05, 4.69) is 19.2 Å². The molecule has 2 unspecified atom stereocenters. The van der Waals surface area contributed by atoms with Gasteiger partial charge in [-0.15, -0.1) is 0 Å². The van der Waals surface area contributed by atoms with Gasteiger partial charge in [0.15, 0.2) is 0 Å². The highest BCUT2D eigenvalue weighted by Gasteiger charge is 2.31. The molecule has 0 aliphatic carbocycles. The van der Waals surface area contributed by atoms with Crippen LogP contribution in [-0.2, 0) is 22.6 Å². The lowest BCUT2D eigenvalue weighted by molar-refractivity contribution is 0.0491. The monoisotopic (exact) mass is 480 g/mol. The number of rotatable bonds is 12. The maximum Gasteiger partial charge on any atom is 0.258 e. The first kappa shape index (κ1) is 25.2. The van der Waals surface area contributed by atoms with Crippen LogP contribution >= 0.6 is 0 Å². The minimum atomic E-state index is -0.118. The van der Waals surface area contributed by atoms with Crippen molar-refractivity contribution in [3.05, 3.63) is 64.7 Å². The summed E-state index contributed by atoms with van der Waals surface area (Å²) in [5.74, 6) is 0.487. The fourth-order valence-electron chi connectivity index (χ4n) is 4.49. The Kier molecular flexibility index (Phi) is 8.77. The number of hydrogen-bond donors (Lipinski definition) is 1. The van der Waals surface area contributed by atoms with Crippen molar-refractivity contribution in [1.29, 1.82) is 0 Å². The van der Waals surface area contributed by atoms with E-state index in [1.165, 1.54) is 0 Å². The second kappa shape index (κ2) is 12.2. The quantitative estimate of drug-likeness (QED) is 0.489. The van der Waals surface area contributed by atoms with Crippen LogP contribution in [0.1, 0.15) is 71.4 Å². The van der Waals surface area contributed by atoms with Crippen LogP contribution in [-0.4, -0.2) is 55.3 Å². The van der Waals surface area contributed by atoms with Crippen molar-refractivity contribution >= 4 is 11.8 Å². The first-order chi connectivity index (χ1) is 17.1. The summed E-state index contributed by atoms with van der Waals surface area (Å²) in [5.41, 5.74) is 3.20. The average Bonchev–Trinajstić information content (AvgIpc) is 3.51. The lowest BCUT2D eigenvalue weighted by Gasteiger charge is -2.17. The Hall–Kier alpha value is -2.90. The minimum Gasteiger partial charge on any atom is -0.490 e. The Bertz CT molecular complexity index is 1000. The standard InChI is InChI=1S/C28H36N2O5/c1-3-14-33-23(4-2)16-29-27(31)21-12-10-20(11-13-21)17-30-18-22-7-5-9-25(26(22)28(30)32)35-19-24-8-6-15-34-24/h5,7,9-13,23-24H,3-4,6,8,14-19H2,1-2H3,(H,29,31). The maximum absolute atomic E-state index is 13.2. The second-order valence-electron chi connectivity index (χ2n) is 9.21. The van der Waals surface area contributed by atoms with Crippen molar-refractivity contribution in [3.8, 4) is 5.75 Å². The summed E-state index contributed by atoms with van der Waals surface area (Å²) in [7, 11) is 0. The molecule has 0 saturated carbocycles. The number of amides is 2. The van der Waals surface area contributed by atoms with Crippen LogP contribution in [0.4, 0.5) is 0 Å². The summed E-state index contributed by atoms with van der Waals surface area (Å²) in [5, 5.41) is 2.96. The predicted octanol–water partition coefficient (Wildman–Crippen LogP) is 4.34. The fourth-order valence-corrected chi connectivity index (χ4v) is 4.49. The molecule has 1 saturated heterocycles. The number of nitrogens with one attached hydrogen (secondary N) is 1. The second-order valence-corrected chi connectivity index (χ2v) is 9.21. The molecule has 2 amide bonds. The van der Waals surface area contributed by atoms with Gasteiger partial charge in [-0.3, -0.25) is 9.59 Å². The van der Waals surface area contributed by atoms with Gasteiger partial charge in [-0.2, -0.15) is 0 Å². The summed E-state index contributed by atoms with van der Waals surface area (Å²) in [6.45, 7) is 7.59. The third kappa shape index (κ3) is 6.41. The number of carbonyl (C=O) groups excluding carboxylic acids is 2. The lowest BCUT2D eigenvalue weighted by Crippen LogP contribution is -2.33. The van der Waals surface area contributed by atoms with Crippen molar-refractivity contribution in [2.45, 2.75) is 64.8 Å². The zero-order valence-corrected chi connectivity index (χ0v) is 20.8. The molecule has 35 heavy (non-hydrogen) atoms. The van der Waals surface area contributed by atoms with Crippen molar-refractivity contribution in [2.75, 3.05) is 26.4 Å². The smallest absolute Gasteiger partial charge is 0.258 e. The average molecular weight is 481 g/mol.